The standard InChI is InChI=1S/C18H19NOS/c1-13-6-8-14(9-7-13)18(21-11-10-20)16-12-19-17-5-3-2-4-15(16)17/h2-9,12,18-20H,10-11H2,1H3. The molecule has 3 heteroatoms. The molecule has 0 bridgehead atoms. The number of hydrogen-bond donors (Lipinski definition) is 2. The second-order valence-electron chi connectivity index (χ2n) is 5.17. The molecule has 0 radical (unpaired) electrons. The van der Waals surface area contributed by atoms with Crippen molar-refractivity contribution in [1.29, 1.82) is 0 Å². The fourth-order valence-electron chi connectivity index (χ4n) is 2.59. The third kappa shape index (κ3) is 2.99. The van der Waals surface area contributed by atoms with Crippen LogP contribution in [0.2, 0.25) is 0 Å². The average molecular weight is 297 g/mol. The van der Waals surface area contributed by atoms with Gasteiger partial charge in [0.05, 0.1) is 11.9 Å². The minimum atomic E-state index is 0.204. The van der Waals surface area contributed by atoms with Crippen LogP contribution in [0.25, 0.3) is 10.9 Å². The molecule has 2 nitrogen and oxygen atoms in total. The number of para-hydroxylation sites is 1. The number of aryl methyl sites for hydroxylation is 1. The Morgan fingerprint density at radius 1 is 1.10 bits per heavy atom. The molecule has 0 amide bonds. The highest BCUT2D eigenvalue weighted by molar-refractivity contribution is 7.99. The van der Waals surface area contributed by atoms with Crippen molar-refractivity contribution >= 4 is 22.7 Å². The first-order valence-electron chi connectivity index (χ1n) is 7.14. The Hall–Kier alpha value is -1.71. The predicted octanol–water partition coefficient (Wildman–Crippen LogP) is 4.29. The zero-order valence-corrected chi connectivity index (χ0v) is 12.9. The van der Waals surface area contributed by atoms with Gasteiger partial charge in [0.1, 0.15) is 0 Å². The number of aliphatic hydroxyl groups excluding tert-OH is 1. The fraction of sp³-hybridized carbons (Fsp3) is 0.222. The molecule has 0 aliphatic heterocycles. The van der Waals surface area contributed by atoms with E-state index in [1.165, 1.54) is 22.1 Å². The van der Waals surface area contributed by atoms with Crippen LogP contribution in [0.4, 0.5) is 0 Å². The summed E-state index contributed by atoms with van der Waals surface area (Å²) in [5.74, 6) is 0.734. The summed E-state index contributed by atoms with van der Waals surface area (Å²) in [6.07, 6.45) is 2.10. The molecule has 108 valence electrons. The highest BCUT2D eigenvalue weighted by Crippen LogP contribution is 2.39. The van der Waals surface area contributed by atoms with Crippen molar-refractivity contribution < 1.29 is 5.11 Å². The van der Waals surface area contributed by atoms with E-state index in [9.17, 15) is 5.11 Å². The second kappa shape index (κ2) is 6.37. The minimum absolute atomic E-state index is 0.204. The first kappa shape index (κ1) is 14.2. The summed E-state index contributed by atoms with van der Waals surface area (Å²) < 4.78 is 0. The van der Waals surface area contributed by atoms with Crippen LogP contribution in [0.5, 0.6) is 0 Å². The lowest BCUT2D eigenvalue weighted by molar-refractivity contribution is 0.322. The Morgan fingerprint density at radius 2 is 1.86 bits per heavy atom. The molecular weight excluding hydrogens is 278 g/mol. The molecule has 0 fully saturated rings. The van der Waals surface area contributed by atoms with Gasteiger partial charge in [0.15, 0.2) is 0 Å². The molecule has 0 saturated carbocycles. The SMILES string of the molecule is Cc1ccc(C(SCCO)c2c[nH]c3ccccc23)cc1. The molecule has 0 saturated heterocycles. The van der Waals surface area contributed by atoms with E-state index in [2.05, 4.69) is 60.6 Å². The molecule has 1 aromatic heterocycles. The third-order valence-electron chi connectivity index (χ3n) is 3.66. The maximum Gasteiger partial charge on any atom is 0.0568 e. The van der Waals surface area contributed by atoms with Crippen molar-refractivity contribution in [2.45, 2.75) is 12.2 Å². The van der Waals surface area contributed by atoms with E-state index in [1.54, 1.807) is 11.8 Å². The van der Waals surface area contributed by atoms with E-state index in [0.29, 0.717) is 0 Å². The highest BCUT2D eigenvalue weighted by atomic mass is 32.2. The normalized spacial score (nSPS) is 12.7. The molecule has 0 spiro atoms. The maximum atomic E-state index is 9.19. The number of rotatable bonds is 5. The van der Waals surface area contributed by atoms with Crippen LogP contribution in [0.1, 0.15) is 21.9 Å². The largest absolute Gasteiger partial charge is 0.396 e. The van der Waals surface area contributed by atoms with Gasteiger partial charge in [0, 0.05) is 22.9 Å². The van der Waals surface area contributed by atoms with Crippen molar-refractivity contribution in [3.05, 3.63) is 71.4 Å². The number of nitrogens with one attached hydrogen (secondary N) is 1. The van der Waals surface area contributed by atoms with Crippen molar-refractivity contribution in [3.63, 3.8) is 0 Å². The van der Waals surface area contributed by atoms with Gasteiger partial charge in [-0.05, 0) is 24.1 Å². The van der Waals surface area contributed by atoms with Crippen molar-refractivity contribution in [3.8, 4) is 0 Å². The maximum absolute atomic E-state index is 9.19. The van der Waals surface area contributed by atoms with Gasteiger partial charge >= 0.3 is 0 Å². The first-order chi connectivity index (χ1) is 10.3. The van der Waals surface area contributed by atoms with Crippen LogP contribution in [0.3, 0.4) is 0 Å². The van der Waals surface area contributed by atoms with Gasteiger partial charge in [-0.2, -0.15) is 0 Å². The molecule has 2 N–H and O–H groups in total. The molecule has 0 aliphatic rings. The quantitative estimate of drug-likeness (QED) is 0.737. The smallest absolute Gasteiger partial charge is 0.0568 e. The summed E-state index contributed by atoms with van der Waals surface area (Å²) in [5, 5.41) is 10.7. The summed E-state index contributed by atoms with van der Waals surface area (Å²) in [5.41, 5.74) is 4.99. The van der Waals surface area contributed by atoms with E-state index < -0.39 is 0 Å². The van der Waals surface area contributed by atoms with E-state index in [4.69, 9.17) is 0 Å². The number of benzene rings is 2. The zero-order valence-electron chi connectivity index (χ0n) is 12.0. The van der Waals surface area contributed by atoms with E-state index in [0.717, 1.165) is 11.3 Å². The number of fused-ring (bicyclic) bond motifs is 1. The van der Waals surface area contributed by atoms with Gasteiger partial charge in [0.2, 0.25) is 0 Å². The summed E-state index contributed by atoms with van der Waals surface area (Å²) >= 11 is 1.78. The first-order valence-corrected chi connectivity index (χ1v) is 8.19. The molecule has 1 unspecified atom stereocenters. The van der Waals surface area contributed by atoms with Gasteiger partial charge in [-0.25, -0.2) is 0 Å². The van der Waals surface area contributed by atoms with Gasteiger partial charge in [-0.3, -0.25) is 0 Å². The number of thioether (sulfide) groups is 1. The Balaban J connectivity index is 2.04. The average Bonchev–Trinajstić information content (AvgIpc) is 2.93. The predicted molar refractivity (Wildman–Crippen MR) is 90.9 cm³/mol. The monoisotopic (exact) mass is 297 g/mol. The van der Waals surface area contributed by atoms with E-state index >= 15 is 0 Å². The number of aromatic amines is 1. The van der Waals surface area contributed by atoms with E-state index in [1.807, 2.05) is 6.07 Å². The van der Waals surface area contributed by atoms with Crippen LogP contribution >= 0.6 is 11.8 Å². The molecular formula is C18H19NOS. The Bertz CT molecular complexity index is 717. The molecule has 1 heterocycles. The Kier molecular flexibility index (Phi) is 4.32. The van der Waals surface area contributed by atoms with Crippen LogP contribution in [-0.2, 0) is 0 Å². The van der Waals surface area contributed by atoms with Gasteiger partial charge in [-0.15, -0.1) is 11.8 Å². The van der Waals surface area contributed by atoms with Crippen LogP contribution in [0, 0.1) is 6.92 Å². The number of H-pyrrole nitrogens is 1. The van der Waals surface area contributed by atoms with Crippen LogP contribution in [-0.4, -0.2) is 22.5 Å². The number of aliphatic hydroxyl groups is 1. The summed E-state index contributed by atoms with van der Waals surface area (Å²) in [7, 11) is 0. The minimum Gasteiger partial charge on any atom is -0.396 e. The van der Waals surface area contributed by atoms with Crippen molar-refractivity contribution in [2.24, 2.45) is 0 Å². The lowest BCUT2D eigenvalue weighted by Gasteiger charge is -2.16. The third-order valence-corrected chi connectivity index (χ3v) is 4.94. The lowest BCUT2D eigenvalue weighted by Crippen LogP contribution is -1.99. The Morgan fingerprint density at radius 3 is 2.62 bits per heavy atom. The topological polar surface area (TPSA) is 36.0 Å². The lowest BCUT2D eigenvalue weighted by atomic mass is 10.0. The Labute approximate surface area is 129 Å². The summed E-state index contributed by atoms with van der Waals surface area (Å²) in [4.78, 5) is 3.35. The summed E-state index contributed by atoms with van der Waals surface area (Å²) in [6, 6.07) is 17.0. The fourth-order valence-corrected chi connectivity index (χ4v) is 3.65. The molecule has 21 heavy (non-hydrogen) atoms. The zero-order chi connectivity index (χ0) is 14.7. The van der Waals surface area contributed by atoms with Crippen LogP contribution < -0.4 is 0 Å². The number of hydrogen-bond acceptors (Lipinski definition) is 2. The van der Waals surface area contributed by atoms with Gasteiger partial charge in [0.25, 0.3) is 0 Å². The van der Waals surface area contributed by atoms with Crippen molar-refractivity contribution in [1.82, 2.24) is 4.98 Å². The van der Waals surface area contributed by atoms with Crippen molar-refractivity contribution in [2.75, 3.05) is 12.4 Å². The summed E-state index contributed by atoms with van der Waals surface area (Å²) in [6.45, 7) is 2.31. The second-order valence-corrected chi connectivity index (χ2v) is 6.39. The molecule has 2 aromatic carbocycles. The molecule has 3 rings (SSSR count). The van der Waals surface area contributed by atoms with Crippen LogP contribution in [0.15, 0.2) is 54.7 Å². The molecule has 3 aromatic rings. The highest BCUT2D eigenvalue weighted by Gasteiger charge is 2.18. The van der Waals surface area contributed by atoms with Gasteiger partial charge < -0.3 is 10.1 Å². The number of aromatic nitrogens is 1. The molecule has 0 aliphatic carbocycles. The van der Waals surface area contributed by atoms with E-state index in [-0.39, 0.29) is 11.9 Å². The van der Waals surface area contributed by atoms with Gasteiger partial charge in [-0.1, -0.05) is 48.0 Å². The molecule has 1 atom stereocenters.